The van der Waals surface area contributed by atoms with E-state index in [0.717, 1.165) is 0 Å². The number of fused-ring (bicyclic) bond motifs is 1. The number of carbonyl (C=O) groups is 1. The van der Waals surface area contributed by atoms with Crippen molar-refractivity contribution in [3.8, 4) is 11.4 Å². The van der Waals surface area contributed by atoms with Crippen molar-refractivity contribution in [3.63, 3.8) is 0 Å². The summed E-state index contributed by atoms with van der Waals surface area (Å²) in [6.45, 7) is 0. The Labute approximate surface area is 94.5 Å². The number of carbonyl (C=O) groups excluding carboxylic acids is 1. The van der Waals surface area contributed by atoms with Gasteiger partial charge in [0.2, 0.25) is 0 Å². The number of thioether (sulfide) groups is 1. The molecule has 0 saturated carbocycles. The van der Waals surface area contributed by atoms with Gasteiger partial charge in [-0.1, -0.05) is 23.9 Å². The fourth-order valence-corrected chi connectivity index (χ4v) is 2.28. The standard InChI is InChI=1S/C10H6FN3OS/c11-7-3-1-2-6(4-7)9-12-10-14(13-9)8(15)5-16-10/h1-4H,5H2. The zero-order chi connectivity index (χ0) is 11.1. The lowest BCUT2D eigenvalue weighted by Gasteiger charge is -1.94. The molecule has 0 bridgehead atoms. The van der Waals surface area contributed by atoms with Crippen LogP contribution in [0.3, 0.4) is 0 Å². The van der Waals surface area contributed by atoms with E-state index in [1.807, 2.05) is 0 Å². The molecule has 2 heterocycles. The predicted octanol–water partition coefficient (Wildman–Crippen LogP) is 1.83. The van der Waals surface area contributed by atoms with E-state index in [1.54, 1.807) is 12.1 Å². The van der Waals surface area contributed by atoms with Crippen LogP contribution in [0.5, 0.6) is 0 Å². The summed E-state index contributed by atoms with van der Waals surface area (Å²) in [5.74, 6) is 0.329. The van der Waals surface area contributed by atoms with Gasteiger partial charge in [0.25, 0.3) is 5.91 Å². The highest BCUT2D eigenvalue weighted by molar-refractivity contribution is 8.00. The second-order valence-corrected chi connectivity index (χ2v) is 4.27. The summed E-state index contributed by atoms with van der Waals surface area (Å²) in [7, 11) is 0. The second kappa shape index (κ2) is 3.41. The lowest BCUT2D eigenvalue weighted by molar-refractivity contribution is 0.0923. The van der Waals surface area contributed by atoms with Crippen LogP contribution < -0.4 is 0 Å². The third kappa shape index (κ3) is 1.42. The minimum Gasteiger partial charge on any atom is -0.271 e. The van der Waals surface area contributed by atoms with Crippen molar-refractivity contribution in [2.24, 2.45) is 0 Å². The molecule has 3 rings (SSSR count). The maximum atomic E-state index is 13.0. The average molecular weight is 235 g/mol. The molecule has 0 fully saturated rings. The Morgan fingerprint density at radius 3 is 3.06 bits per heavy atom. The maximum Gasteiger partial charge on any atom is 0.259 e. The fourth-order valence-electron chi connectivity index (χ4n) is 1.49. The summed E-state index contributed by atoms with van der Waals surface area (Å²) in [5, 5.41) is 4.63. The molecule has 80 valence electrons. The van der Waals surface area contributed by atoms with E-state index in [1.165, 1.54) is 28.6 Å². The van der Waals surface area contributed by atoms with Crippen LogP contribution in [0, 0.1) is 5.82 Å². The molecule has 6 heteroatoms. The van der Waals surface area contributed by atoms with E-state index < -0.39 is 0 Å². The van der Waals surface area contributed by atoms with Crippen molar-refractivity contribution in [1.29, 1.82) is 0 Å². The van der Waals surface area contributed by atoms with Crippen molar-refractivity contribution < 1.29 is 9.18 Å². The molecule has 0 aliphatic carbocycles. The molecule has 0 atom stereocenters. The third-order valence-corrected chi connectivity index (χ3v) is 3.13. The molecule has 0 radical (unpaired) electrons. The Morgan fingerprint density at radius 1 is 1.44 bits per heavy atom. The van der Waals surface area contributed by atoms with Crippen molar-refractivity contribution in [3.05, 3.63) is 30.1 Å². The Morgan fingerprint density at radius 2 is 2.31 bits per heavy atom. The molecule has 0 spiro atoms. The van der Waals surface area contributed by atoms with Crippen molar-refractivity contribution >= 4 is 17.7 Å². The van der Waals surface area contributed by atoms with Crippen LogP contribution >= 0.6 is 11.8 Å². The van der Waals surface area contributed by atoms with Crippen LogP contribution in [-0.4, -0.2) is 26.4 Å². The Kier molecular flexibility index (Phi) is 2.03. The summed E-state index contributed by atoms with van der Waals surface area (Å²) in [4.78, 5) is 15.5. The number of benzene rings is 1. The molecule has 0 unspecified atom stereocenters. The molecular weight excluding hydrogens is 229 g/mol. The molecule has 0 N–H and O–H groups in total. The minimum atomic E-state index is -0.341. The van der Waals surface area contributed by atoms with Gasteiger partial charge in [-0.2, -0.15) is 4.68 Å². The molecule has 0 saturated heterocycles. The monoisotopic (exact) mass is 235 g/mol. The van der Waals surface area contributed by atoms with Gasteiger partial charge in [0.1, 0.15) is 5.82 Å². The van der Waals surface area contributed by atoms with Gasteiger partial charge in [-0.15, -0.1) is 5.10 Å². The van der Waals surface area contributed by atoms with Gasteiger partial charge in [-0.25, -0.2) is 9.37 Å². The molecular formula is C10H6FN3OS. The van der Waals surface area contributed by atoms with Crippen LogP contribution in [0.1, 0.15) is 4.79 Å². The molecule has 16 heavy (non-hydrogen) atoms. The van der Waals surface area contributed by atoms with Crippen molar-refractivity contribution in [2.75, 3.05) is 5.75 Å². The van der Waals surface area contributed by atoms with Gasteiger partial charge in [0.05, 0.1) is 5.75 Å². The van der Waals surface area contributed by atoms with E-state index in [9.17, 15) is 9.18 Å². The van der Waals surface area contributed by atoms with Gasteiger partial charge in [0.15, 0.2) is 11.0 Å². The van der Waals surface area contributed by atoms with Crippen molar-refractivity contribution in [1.82, 2.24) is 14.8 Å². The average Bonchev–Trinajstić information content (AvgIpc) is 2.81. The van der Waals surface area contributed by atoms with Gasteiger partial charge in [0, 0.05) is 5.56 Å². The van der Waals surface area contributed by atoms with Crippen molar-refractivity contribution in [2.45, 2.75) is 5.16 Å². The number of aromatic nitrogens is 3. The highest BCUT2D eigenvalue weighted by atomic mass is 32.2. The van der Waals surface area contributed by atoms with Crippen LogP contribution in [-0.2, 0) is 0 Å². The first kappa shape index (κ1) is 9.53. The van der Waals surface area contributed by atoms with Crippen LogP contribution in [0.25, 0.3) is 11.4 Å². The summed E-state index contributed by atoms with van der Waals surface area (Å²) < 4.78 is 14.3. The molecule has 1 aliphatic rings. The topological polar surface area (TPSA) is 47.8 Å². The number of rotatable bonds is 1. The molecule has 0 amide bonds. The lowest BCUT2D eigenvalue weighted by atomic mass is 10.2. The first-order valence-corrected chi connectivity index (χ1v) is 5.61. The first-order chi connectivity index (χ1) is 7.74. The highest BCUT2D eigenvalue weighted by Crippen LogP contribution is 2.26. The zero-order valence-corrected chi connectivity index (χ0v) is 8.87. The van der Waals surface area contributed by atoms with Gasteiger partial charge < -0.3 is 0 Å². The highest BCUT2D eigenvalue weighted by Gasteiger charge is 2.24. The summed E-state index contributed by atoms with van der Waals surface area (Å²) in [5.41, 5.74) is 0.579. The number of nitrogens with zero attached hydrogens (tertiary/aromatic N) is 3. The quantitative estimate of drug-likeness (QED) is 0.756. The van der Waals surface area contributed by atoms with Crippen LogP contribution in [0.2, 0.25) is 0 Å². The SMILES string of the molecule is O=C1CSc2nc(-c3cccc(F)c3)nn21. The van der Waals surface area contributed by atoms with Gasteiger partial charge in [-0.05, 0) is 12.1 Å². The largest absolute Gasteiger partial charge is 0.271 e. The Bertz CT molecular complexity index is 581. The van der Waals surface area contributed by atoms with E-state index in [-0.39, 0.29) is 11.7 Å². The second-order valence-electron chi connectivity index (χ2n) is 3.32. The molecule has 1 aromatic carbocycles. The van der Waals surface area contributed by atoms with Crippen LogP contribution in [0.15, 0.2) is 29.4 Å². The summed E-state index contributed by atoms with van der Waals surface area (Å²) in [6.07, 6.45) is 0. The van der Waals surface area contributed by atoms with E-state index in [0.29, 0.717) is 22.3 Å². The number of halogens is 1. The van der Waals surface area contributed by atoms with E-state index in [4.69, 9.17) is 0 Å². The number of hydrogen-bond donors (Lipinski definition) is 0. The first-order valence-electron chi connectivity index (χ1n) is 4.63. The molecule has 4 nitrogen and oxygen atoms in total. The molecule has 2 aromatic rings. The Balaban J connectivity index is 2.08. The fraction of sp³-hybridized carbons (Fsp3) is 0.100. The number of hydrogen-bond acceptors (Lipinski definition) is 4. The summed E-state index contributed by atoms with van der Waals surface area (Å²) in [6, 6.07) is 6.00. The van der Waals surface area contributed by atoms with Crippen LogP contribution in [0.4, 0.5) is 4.39 Å². The normalized spacial score (nSPS) is 14.2. The van der Waals surface area contributed by atoms with E-state index >= 15 is 0 Å². The zero-order valence-electron chi connectivity index (χ0n) is 8.05. The van der Waals surface area contributed by atoms with Gasteiger partial charge in [-0.3, -0.25) is 4.79 Å². The smallest absolute Gasteiger partial charge is 0.259 e. The molecule has 1 aliphatic heterocycles. The van der Waals surface area contributed by atoms with E-state index in [2.05, 4.69) is 10.1 Å². The third-order valence-electron chi connectivity index (χ3n) is 2.22. The minimum absolute atomic E-state index is 0.0878. The summed E-state index contributed by atoms with van der Waals surface area (Å²) >= 11 is 1.34. The van der Waals surface area contributed by atoms with Gasteiger partial charge >= 0.3 is 0 Å². The predicted molar refractivity (Wildman–Crippen MR) is 56.8 cm³/mol. The lowest BCUT2D eigenvalue weighted by Crippen LogP contribution is -2.08. The Hall–Kier alpha value is -1.69. The maximum absolute atomic E-state index is 13.0. The molecule has 1 aromatic heterocycles.